The molecule has 2 rings (SSSR count). The number of ether oxygens (including phenoxy) is 4. The Labute approximate surface area is 211 Å². The quantitative estimate of drug-likeness (QED) is 0.155. The first-order valence-electron chi connectivity index (χ1n) is 9.79. The van der Waals surface area contributed by atoms with Crippen LogP contribution in [0.2, 0.25) is 0 Å². The third kappa shape index (κ3) is 12.4. The van der Waals surface area contributed by atoms with E-state index >= 15 is 0 Å². The highest BCUT2D eigenvalue weighted by atomic mass is 32.3. The van der Waals surface area contributed by atoms with E-state index in [4.69, 9.17) is 37.2 Å². The molecular weight excluding hydrogens is 604 g/mol. The van der Waals surface area contributed by atoms with Crippen LogP contribution in [0.15, 0.2) is 0 Å². The molecule has 2 aliphatic rings. The molecule has 0 bridgehead atoms. The molecule has 20 nitrogen and oxygen atoms in total. The molecule has 2 aliphatic heterocycles. The zero-order valence-electron chi connectivity index (χ0n) is 18.5. The van der Waals surface area contributed by atoms with Crippen LogP contribution in [-0.4, -0.2) is 115 Å². The van der Waals surface area contributed by atoms with Gasteiger partial charge in [-0.05, 0) is 12.8 Å². The van der Waals surface area contributed by atoms with E-state index in [0.717, 1.165) is 7.11 Å². The third-order valence-electron chi connectivity index (χ3n) is 4.71. The lowest BCUT2D eigenvalue weighted by atomic mass is 10.0. The zero-order valence-corrected chi connectivity index (χ0v) is 21.8. The van der Waals surface area contributed by atoms with Gasteiger partial charge in [0.1, 0.15) is 18.3 Å². The minimum Gasteiger partial charge on any atom is -0.353 e. The van der Waals surface area contributed by atoms with Gasteiger partial charge in [0.2, 0.25) is 0 Å². The fourth-order valence-corrected chi connectivity index (χ4v) is 5.00. The molecule has 220 valence electrons. The Balaban J connectivity index is 2.31. The summed E-state index contributed by atoms with van der Waals surface area (Å²) >= 11 is 0. The highest BCUT2D eigenvalue weighted by molar-refractivity contribution is 7.81. The smallest absolute Gasteiger partial charge is 0.353 e. The average molecular weight is 629 g/mol. The molecule has 0 amide bonds. The lowest BCUT2D eigenvalue weighted by molar-refractivity contribution is -0.310. The Hall–Kier alpha value is -0.680. The second kappa shape index (κ2) is 12.7. The monoisotopic (exact) mass is 628 g/mol. The summed E-state index contributed by atoms with van der Waals surface area (Å²) in [5.41, 5.74) is 0. The van der Waals surface area contributed by atoms with Crippen molar-refractivity contribution in [3.05, 3.63) is 0 Å². The predicted octanol–water partition coefficient (Wildman–Crippen LogP) is -2.35. The van der Waals surface area contributed by atoms with Gasteiger partial charge in [-0.15, -0.1) is 0 Å². The molecule has 24 heteroatoms. The molecule has 0 aromatic rings. The summed E-state index contributed by atoms with van der Waals surface area (Å²) in [6, 6.07) is 0. The van der Waals surface area contributed by atoms with Crippen LogP contribution in [0.3, 0.4) is 0 Å². The third-order valence-corrected chi connectivity index (χ3v) is 6.56. The molecule has 0 spiro atoms. The van der Waals surface area contributed by atoms with E-state index in [1.807, 2.05) is 0 Å². The summed E-state index contributed by atoms with van der Waals surface area (Å²) in [6.07, 6.45) is -11.8. The van der Waals surface area contributed by atoms with E-state index in [2.05, 4.69) is 16.7 Å². The first-order chi connectivity index (χ1) is 16.7. The van der Waals surface area contributed by atoms with Crippen molar-refractivity contribution in [2.24, 2.45) is 0 Å². The molecular formula is C13H24O20S4. The largest absolute Gasteiger partial charge is 0.397 e. The topological polar surface area (TPSA) is 291 Å². The van der Waals surface area contributed by atoms with Gasteiger partial charge in [-0.2, -0.15) is 33.7 Å². The Morgan fingerprint density at radius 1 is 0.676 bits per heavy atom. The van der Waals surface area contributed by atoms with E-state index in [-0.39, 0.29) is 12.8 Å². The molecule has 4 N–H and O–H groups in total. The molecule has 0 aromatic heterocycles. The Bertz CT molecular complexity index is 1180. The van der Waals surface area contributed by atoms with Gasteiger partial charge in [0.25, 0.3) is 0 Å². The zero-order chi connectivity index (χ0) is 28.2. The van der Waals surface area contributed by atoms with Crippen LogP contribution in [0.1, 0.15) is 19.3 Å². The van der Waals surface area contributed by atoms with E-state index < -0.39 is 104 Å². The van der Waals surface area contributed by atoms with E-state index in [1.54, 1.807) is 0 Å². The van der Waals surface area contributed by atoms with Crippen LogP contribution < -0.4 is 0 Å². The SMILES string of the molecule is CO[C@H]1OC(COS(=O)(=O)O)[C@@H](O[C@H]2OC(COS(=O)(=O)O)CCC2OS(=O)(=O)O)CC1OS(=O)(=O)O. The summed E-state index contributed by atoms with van der Waals surface area (Å²) in [5.74, 6) is 0. The van der Waals surface area contributed by atoms with Gasteiger partial charge in [0.15, 0.2) is 12.6 Å². The van der Waals surface area contributed by atoms with Gasteiger partial charge < -0.3 is 18.9 Å². The van der Waals surface area contributed by atoms with Crippen molar-refractivity contribution < 1.29 is 87.6 Å². The molecule has 0 saturated carbocycles. The van der Waals surface area contributed by atoms with E-state index in [1.165, 1.54) is 0 Å². The van der Waals surface area contributed by atoms with Crippen LogP contribution in [0.4, 0.5) is 0 Å². The van der Waals surface area contributed by atoms with Crippen molar-refractivity contribution in [2.75, 3.05) is 20.3 Å². The molecule has 0 aliphatic carbocycles. The summed E-state index contributed by atoms with van der Waals surface area (Å²) in [6.45, 7) is -1.73. The van der Waals surface area contributed by atoms with Gasteiger partial charge in [-0.25, -0.2) is 16.7 Å². The molecule has 37 heavy (non-hydrogen) atoms. The summed E-state index contributed by atoms with van der Waals surface area (Å²) in [7, 11) is -19.1. The lowest BCUT2D eigenvalue weighted by Gasteiger charge is -2.42. The van der Waals surface area contributed by atoms with Crippen molar-refractivity contribution >= 4 is 41.6 Å². The van der Waals surface area contributed by atoms with E-state index in [0.29, 0.717) is 0 Å². The predicted molar refractivity (Wildman–Crippen MR) is 111 cm³/mol. The Morgan fingerprint density at radius 3 is 1.73 bits per heavy atom. The molecule has 7 atom stereocenters. The van der Waals surface area contributed by atoms with Gasteiger partial charge in [-0.3, -0.25) is 18.2 Å². The highest BCUT2D eigenvalue weighted by Gasteiger charge is 2.46. The number of rotatable bonds is 13. The van der Waals surface area contributed by atoms with Gasteiger partial charge in [0.05, 0.1) is 25.4 Å². The van der Waals surface area contributed by atoms with Crippen LogP contribution in [0.5, 0.6) is 0 Å². The summed E-state index contributed by atoms with van der Waals surface area (Å²) < 4.78 is 163. The molecule has 0 aromatic carbocycles. The highest BCUT2D eigenvalue weighted by Crippen LogP contribution is 2.32. The number of hydrogen-bond acceptors (Lipinski definition) is 16. The van der Waals surface area contributed by atoms with Crippen molar-refractivity contribution in [3.8, 4) is 0 Å². The summed E-state index contributed by atoms with van der Waals surface area (Å²) in [5, 5.41) is 0. The normalized spacial score (nSPS) is 32.3. The van der Waals surface area contributed by atoms with Gasteiger partial charge >= 0.3 is 41.6 Å². The van der Waals surface area contributed by atoms with Crippen LogP contribution in [0, 0.1) is 0 Å². The Kier molecular flexibility index (Phi) is 11.1. The molecule has 2 heterocycles. The number of methoxy groups -OCH3 is 1. The minimum atomic E-state index is -5.09. The molecule has 4 unspecified atom stereocenters. The lowest BCUT2D eigenvalue weighted by Crippen LogP contribution is -2.55. The summed E-state index contributed by atoms with van der Waals surface area (Å²) in [4.78, 5) is 0. The van der Waals surface area contributed by atoms with Crippen molar-refractivity contribution in [1.82, 2.24) is 0 Å². The fourth-order valence-electron chi connectivity index (χ4n) is 3.39. The maximum absolute atomic E-state index is 11.3. The van der Waals surface area contributed by atoms with Crippen LogP contribution in [-0.2, 0) is 77.3 Å². The first kappa shape index (κ1) is 32.5. The van der Waals surface area contributed by atoms with Crippen molar-refractivity contribution in [2.45, 2.75) is 62.4 Å². The maximum atomic E-state index is 11.3. The average Bonchev–Trinajstić information content (AvgIpc) is 2.70. The molecule has 2 saturated heterocycles. The van der Waals surface area contributed by atoms with Crippen LogP contribution in [0.25, 0.3) is 0 Å². The second-order valence-corrected chi connectivity index (χ2v) is 11.7. The van der Waals surface area contributed by atoms with E-state index in [9.17, 15) is 33.7 Å². The standard InChI is InChI=1S/C13H24O20S4/c1-26-12-10(33-37(23,24)25)4-9(11(31-12)6-28-35(17,18)19)30-13-8(32-36(20,21)22)3-2-7(29-13)5-27-34(14,15)16/h7-13H,2-6H2,1H3,(H,14,15,16)(H,17,18,19)(H,20,21,22)(H,23,24,25)/t7?,8?,9-,10?,11?,12-,13+/m0/s1. The molecule has 0 radical (unpaired) electrons. The molecule has 2 fully saturated rings. The fraction of sp³-hybridized carbons (Fsp3) is 1.00. The van der Waals surface area contributed by atoms with Crippen LogP contribution >= 0.6 is 0 Å². The van der Waals surface area contributed by atoms with Crippen molar-refractivity contribution in [1.29, 1.82) is 0 Å². The minimum absolute atomic E-state index is 0.133. The van der Waals surface area contributed by atoms with Gasteiger partial charge in [0, 0.05) is 13.5 Å². The maximum Gasteiger partial charge on any atom is 0.397 e. The number of hydrogen-bond donors (Lipinski definition) is 4. The van der Waals surface area contributed by atoms with Crippen molar-refractivity contribution in [3.63, 3.8) is 0 Å². The first-order valence-corrected chi connectivity index (χ1v) is 15.2. The second-order valence-electron chi connectivity index (χ2n) is 7.44. The van der Waals surface area contributed by atoms with Gasteiger partial charge in [-0.1, -0.05) is 0 Å². The Morgan fingerprint density at radius 2 is 1.22 bits per heavy atom.